The normalized spacial score (nSPS) is 19.4. The number of aliphatic hydroxyl groups excluding tert-OH is 1. The Morgan fingerprint density at radius 3 is 2.61 bits per heavy atom. The molecule has 1 aromatic rings. The van der Waals surface area contributed by atoms with E-state index >= 15 is 0 Å². The van der Waals surface area contributed by atoms with E-state index in [9.17, 15) is 19.8 Å². The van der Waals surface area contributed by atoms with Crippen molar-refractivity contribution < 1.29 is 25.0 Å². The van der Waals surface area contributed by atoms with Gasteiger partial charge in [-0.05, 0) is 56.1 Å². The third-order valence-electron chi connectivity index (χ3n) is 5.76. The topological polar surface area (TPSA) is 133 Å². The number of amides is 2. The molecule has 0 saturated heterocycles. The van der Waals surface area contributed by atoms with Gasteiger partial charge >= 0.3 is 0 Å². The van der Waals surface area contributed by atoms with Crippen LogP contribution in [0, 0.1) is 18.3 Å². The third-order valence-corrected chi connectivity index (χ3v) is 5.76. The second-order valence-corrected chi connectivity index (χ2v) is 7.86. The number of nitrogens with one attached hydrogen (secondary N) is 1. The molecule has 7 nitrogen and oxygen atoms in total. The summed E-state index contributed by atoms with van der Waals surface area (Å²) in [5.74, 6) is -1.55. The van der Waals surface area contributed by atoms with Gasteiger partial charge in [-0.15, -0.1) is 0 Å². The van der Waals surface area contributed by atoms with Crippen molar-refractivity contribution in [3.05, 3.63) is 41.8 Å². The smallest absolute Gasteiger partial charge is 0.253 e. The highest BCUT2D eigenvalue weighted by molar-refractivity contribution is 5.84. The van der Waals surface area contributed by atoms with Crippen LogP contribution in [0.15, 0.2) is 24.3 Å². The Labute approximate surface area is 165 Å². The van der Waals surface area contributed by atoms with Crippen LogP contribution in [0.3, 0.4) is 0 Å². The van der Waals surface area contributed by atoms with Gasteiger partial charge < -0.3 is 15.9 Å². The highest BCUT2D eigenvalue weighted by Gasteiger charge is 2.32. The quantitative estimate of drug-likeness (QED) is 0.322. The van der Waals surface area contributed by atoms with E-state index in [-0.39, 0.29) is 12.3 Å². The minimum absolute atomic E-state index is 0.165. The summed E-state index contributed by atoms with van der Waals surface area (Å²) in [7, 11) is 0. The molecule has 0 spiro atoms. The maximum Gasteiger partial charge on any atom is 0.253 e. The van der Waals surface area contributed by atoms with Crippen molar-refractivity contribution >= 4 is 11.8 Å². The lowest BCUT2D eigenvalue weighted by atomic mass is 9.77. The standard InChI is InChI=1S/C21H31N2O5/c1-21(27,20(22)26)16-9-5-6-14(12-16)10-11-17(24)13-18(19(25)23-28)15-7-3-2-4-8-15/h5-6,9,11-12,15,17-18,24,27-28H,2-4,7-8,10,13H2,1H3,(H2,22,26)(H,23,25). The zero-order chi connectivity index (χ0) is 20.7. The molecule has 0 bridgehead atoms. The van der Waals surface area contributed by atoms with Gasteiger partial charge in [0.15, 0.2) is 5.60 Å². The third kappa shape index (κ3) is 5.77. The van der Waals surface area contributed by atoms with Crippen molar-refractivity contribution in [3.63, 3.8) is 0 Å². The lowest BCUT2D eigenvalue weighted by molar-refractivity contribution is -0.137. The second-order valence-electron chi connectivity index (χ2n) is 7.86. The molecule has 3 atom stereocenters. The van der Waals surface area contributed by atoms with E-state index in [0.717, 1.165) is 37.7 Å². The predicted molar refractivity (Wildman–Crippen MR) is 104 cm³/mol. The van der Waals surface area contributed by atoms with E-state index in [2.05, 4.69) is 0 Å². The average molecular weight is 391 g/mol. The first kappa shape index (κ1) is 22.3. The largest absolute Gasteiger partial charge is 0.393 e. The Morgan fingerprint density at radius 1 is 1.32 bits per heavy atom. The van der Waals surface area contributed by atoms with Gasteiger partial charge in [0, 0.05) is 5.92 Å². The zero-order valence-electron chi connectivity index (χ0n) is 16.3. The maximum absolute atomic E-state index is 12.1. The van der Waals surface area contributed by atoms with Crippen LogP contribution in [0.5, 0.6) is 0 Å². The lowest BCUT2D eigenvalue weighted by Gasteiger charge is -2.30. The maximum atomic E-state index is 12.1. The summed E-state index contributed by atoms with van der Waals surface area (Å²) in [6.07, 6.45) is 6.66. The minimum atomic E-state index is -1.76. The molecule has 1 fully saturated rings. The van der Waals surface area contributed by atoms with Crippen molar-refractivity contribution in [1.82, 2.24) is 5.48 Å². The van der Waals surface area contributed by atoms with Crippen LogP contribution in [-0.2, 0) is 21.6 Å². The molecule has 1 aromatic carbocycles. The predicted octanol–water partition coefficient (Wildman–Crippen LogP) is 1.58. The summed E-state index contributed by atoms with van der Waals surface area (Å²) in [6.45, 7) is 1.34. The Hall–Kier alpha value is -1.96. The van der Waals surface area contributed by atoms with Crippen LogP contribution in [0.25, 0.3) is 0 Å². The molecule has 0 heterocycles. The number of nitrogens with two attached hydrogens (primary N) is 1. The van der Waals surface area contributed by atoms with Crippen LogP contribution < -0.4 is 11.2 Å². The average Bonchev–Trinajstić information content (AvgIpc) is 2.70. The summed E-state index contributed by atoms with van der Waals surface area (Å²) in [4.78, 5) is 23.5. The summed E-state index contributed by atoms with van der Waals surface area (Å²) in [5.41, 5.74) is 6.42. The fourth-order valence-electron chi connectivity index (χ4n) is 3.90. The number of hydrogen-bond acceptors (Lipinski definition) is 5. The van der Waals surface area contributed by atoms with Gasteiger partial charge in [0.05, 0.1) is 6.10 Å². The number of hydroxylamine groups is 1. The van der Waals surface area contributed by atoms with E-state index in [1.165, 1.54) is 6.92 Å². The van der Waals surface area contributed by atoms with E-state index in [1.807, 2.05) is 6.07 Å². The van der Waals surface area contributed by atoms with Crippen molar-refractivity contribution in [2.75, 3.05) is 0 Å². The number of primary amides is 1. The molecular formula is C21H31N2O5. The highest BCUT2D eigenvalue weighted by atomic mass is 16.5. The van der Waals surface area contributed by atoms with Crippen molar-refractivity contribution in [2.45, 2.75) is 63.6 Å². The van der Waals surface area contributed by atoms with Crippen molar-refractivity contribution in [1.29, 1.82) is 0 Å². The van der Waals surface area contributed by atoms with Gasteiger partial charge in [-0.1, -0.05) is 43.5 Å². The van der Waals surface area contributed by atoms with Crippen LogP contribution in [0.1, 0.15) is 56.6 Å². The Bertz CT molecular complexity index is 671. The first-order valence-electron chi connectivity index (χ1n) is 9.82. The van der Waals surface area contributed by atoms with Gasteiger partial charge in [0.25, 0.3) is 5.91 Å². The van der Waals surface area contributed by atoms with E-state index in [1.54, 1.807) is 30.1 Å². The molecule has 1 aliphatic carbocycles. The number of aliphatic hydroxyl groups is 2. The lowest BCUT2D eigenvalue weighted by Crippen LogP contribution is -2.38. The highest BCUT2D eigenvalue weighted by Crippen LogP contribution is 2.33. The molecule has 28 heavy (non-hydrogen) atoms. The summed E-state index contributed by atoms with van der Waals surface area (Å²) < 4.78 is 0. The zero-order valence-corrected chi connectivity index (χ0v) is 16.3. The summed E-state index contributed by atoms with van der Waals surface area (Å²) >= 11 is 0. The van der Waals surface area contributed by atoms with Gasteiger partial charge in [-0.2, -0.15) is 0 Å². The number of carbonyl (C=O) groups excluding carboxylic acids is 2. The Balaban J connectivity index is 1.97. The molecule has 0 aromatic heterocycles. The SMILES string of the molecule is CC(O)(C(N)=O)c1cccc(C[CH]C(O)CC(C(=O)NO)C2CCCCC2)c1. The molecule has 1 saturated carbocycles. The van der Waals surface area contributed by atoms with Gasteiger partial charge in [-0.25, -0.2) is 5.48 Å². The van der Waals surface area contributed by atoms with Crippen molar-refractivity contribution in [3.8, 4) is 0 Å². The van der Waals surface area contributed by atoms with Gasteiger partial charge in [0.1, 0.15) is 0 Å². The van der Waals surface area contributed by atoms with E-state index < -0.39 is 29.4 Å². The Morgan fingerprint density at radius 2 is 2.00 bits per heavy atom. The van der Waals surface area contributed by atoms with Crippen LogP contribution in [0.4, 0.5) is 0 Å². The van der Waals surface area contributed by atoms with Crippen LogP contribution in [-0.4, -0.2) is 33.3 Å². The Kier molecular flexibility index (Phi) is 7.98. The summed E-state index contributed by atoms with van der Waals surface area (Å²) in [5, 5.41) is 29.7. The first-order chi connectivity index (χ1) is 13.3. The number of rotatable bonds is 9. The number of hydrogen-bond donors (Lipinski definition) is 5. The van der Waals surface area contributed by atoms with E-state index in [0.29, 0.717) is 12.0 Å². The molecule has 0 aliphatic heterocycles. The molecule has 6 N–H and O–H groups in total. The molecule has 2 rings (SSSR count). The van der Waals surface area contributed by atoms with E-state index in [4.69, 9.17) is 10.9 Å². The second kappa shape index (κ2) is 10.0. The molecule has 2 amide bonds. The minimum Gasteiger partial charge on any atom is -0.393 e. The fourth-order valence-corrected chi connectivity index (χ4v) is 3.90. The number of benzene rings is 1. The van der Waals surface area contributed by atoms with Gasteiger partial charge in [-0.3, -0.25) is 14.8 Å². The monoisotopic (exact) mass is 391 g/mol. The fraction of sp³-hybridized carbons (Fsp3) is 0.571. The van der Waals surface area contributed by atoms with Crippen LogP contribution >= 0.6 is 0 Å². The molecule has 1 radical (unpaired) electrons. The first-order valence-corrected chi connectivity index (χ1v) is 9.82. The van der Waals surface area contributed by atoms with Crippen LogP contribution in [0.2, 0.25) is 0 Å². The molecule has 1 aliphatic rings. The molecular weight excluding hydrogens is 360 g/mol. The molecule has 155 valence electrons. The molecule has 3 unspecified atom stereocenters. The van der Waals surface area contributed by atoms with Crippen molar-refractivity contribution in [2.24, 2.45) is 17.6 Å². The molecule has 7 heteroatoms. The summed E-state index contributed by atoms with van der Waals surface area (Å²) in [6, 6.07) is 6.83. The van der Waals surface area contributed by atoms with Gasteiger partial charge in [0.2, 0.25) is 5.91 Å². The number of carbonyl (C=O) groups is 2.